The number of carbonyl (C=O) groups is 1. The predicted octanol–water partition coefficient (Wildman–Crippen LogP) is 1.28. The van der Waals surface area contributed by atoms with E-state index in [9.17, 15) is 4.79 Å². The molecule has 20 heavy (non-hydrogen) atoms. The van der Waals surface area contributed by atoms with Crippen LogP contribution < -0.4 is 0 Å². The summed E-state index contributed by atoms with van der Waals surface area (Å²) in [4.78, 5) is 20.7. The average molecular weight is 296 g/mol. The first-order valence-electron chi connectivity index (χ1n) is 6.97. The Bertz CT molecular complexity index is 491. The maximum absolute atomic E-state index is 12.5. The number of nitrogens with zero attached hydrogens (tertiary/aromatic N) is 3. The van der Waals surface area contributed by atoms with Crippen LogP contribution in [-0.4, -0.2) is 66.1 Å². The van der Waals surface area contributed by atoms with Crippen molar-refractivity contribution in [1.29, 1.82) is 0 Å². The molecule has 2 aliphatic rings. The number of ether oxygens (including phenoxy) is 1. The quantitative estimate of drug-likeness (QED) is 0.771. The highest BCUT2D eigenvalue weighted by Gasteiger charge is 2.32. The molecule has 6 heteroatoms. The van der Waals surface area contributed by atoms with Crippen LogP contribution >= 0.6 is 11.6 Å². The van der Waals surface area contributed by atoms with E-state index in [-0.39, 0.29) is 11.1 Å². The third-order valence-corrected chi connectivity index (χ3v) is 4.30. The first-order valence-corrected chi connectivity index (χ1v) is 7.35. The van der Waals surface area contributed by atoms with Crippen molar-refractivity contribution in [3.8, 4) is 0 Å². The molecule has 0 saturated carbocycles. The highest BCUT2D eigenvalue weighted by molar-refractivity contribution is 6.32. The number of likely N-dealkylation sites (tertiary alicyclic amines) is 1. The number of halogens is 1. The van der Waals surface area contributed by atoms with Gasteiger partial charge in [0, 0.05) is 38.4 Å². The molecule has 1 amide bonds. The molecular weight excluding hydrogens is 278 g/mol. The number of rotatable bonds is 2. The van der Waals surface area contributed by atoms with E-state index in [4.69, 9.17) is 16.3 Å². The van der Waals surface area contributed by atoms with E-state index in [2.05, 4.69) is 9.88 Å². The molecule has 108 valence electrons. The van der Waals surface area contributed by atoms with Crippen molar-refractivity contribution < 1.29 is 9.53 Å². The fourth-order valence-electron chi connectivity index (χ4n) is 2.88. The van der Waals surface area contributed by atoms with Crippen LogP contribution in [0.4, 0.5) is 0 Å². The summed E-state index contributed by atoms with van der Waals surface area (Å²) in [6.45, 7) is 5.05. The van der Waals surface area contributed by atoms with Crippen molar-refractivity contribution in [2.24, 2.45) is 0 Å². The van der Waals surface area contributed by atoms with Crippen LogP contribution in [0.3, 0.4) is 0 Å². The van der Waals surface area contributed by atoms with Crippen molar-refractivity contribution in [3.05, 3.63) is 29.0 Å². The smallest absolute Gasteiger partial charge is 0.257 e. The molecule has 0 bridgehead atoms. The van der Waals surface area contributed by atoms with Gasteiger partial charge in [-0.15, -0.1) is 0 Å². The predicted molar refractivity (Wildman–Crippen MR) is 75.9 cm³/mol. The Morgan fingerprint density at radius 1 is 1.35 bits per heavy atom. The van der Waals surface area contributed by atoms with Gasteiger partial charge >= 0.3 is 0 Å². The Balaban J connectivity index is 1.65. The van der Waals surface area contributed by atoms with E-state index >= 15 is 0 Å². The van der Waals surface area contributed by atoms with Gasteiger partial charge < -0.3 is 9.64 Å². The van der Waals surface area contributed by atoms with Crippen molar-refractivity contribution >= 4 is 17.5 Å². The highest BCUT2D eigenvalue weighted by atomic mass is 35.5. The molecule has 0 spiro atoms. The minimum absolute atomic E-state index is 0.0149. The van der Waals surface area contributed by atoms with Crippen molar-refractivity contribution in [3.63, 3.8) is 0 Å². The number of pyridine rings is 1. The molecule has 3 rings (SSSR count). The second-order valence-corrected chi connectivity index (χ2v) is 5.54. The molecule has 0 aromatic carbocycles. The summed E-state index contributed by atoms with van der Waals surface area (Å²) in [6.07, 6.45) is 2.61. The Kier molecular flexibility index (Phi) is 4.19. The van der Waals surface area contributed by atoms with Crippen molar-refractivity contribution in [2.45, 2.75) is 12.5 Å². The molecule has 2 saturated heterocycles. The molecular formula is C14H18ClN3O2. The number of hydrogen-bond acceptors (Lipinski definition) is 4. The van der Waals surface area contributed by atoms with Crippen molar-refractivity contribution in [2.75, 3.05) is 39.4 Å². The summed E-state index contributed by atoms with van der Waals surface area (Å²) in [5.74, 6) is -0.0149. The van der Waals surface area contributed by atoms with E-state index in [0.29, 0.717) is 11.6 Å². The van der Waals surface area contributed by atoms with E-state index < -0.39 is 0 Å². The molecule has 1 aromatic heterocycles. The lowest BCUT2D eigenvalue weighted by molar-refractivity contribution is 0.0185. The van der Waals surface area contributed by atoms with Gasteiger partial charge in [0.25, 0.3) is 5.91 Å². The number of hydrogen-bond donors (Lipinski definition) is 0. The minimum Gasteiger partial charge on any atom is -0.379 e. The molecule has 3 heterocycles. The Morgan fingerprint density at radius 3 is 2.90 bits per heavy atom. The molecule has 5 nitrogen and oxygen atoms in total. The van der Waals surface area contributed by atoms with Gasteiger partial charge in [-0.1, -0.05) is 11.6 Å². The second-order valence-electron chi connectivity index (χ2n) is 5.18. The molecule has 1 unspecified atom stereocenters. The zero-order valence-electron chi connectivity index (χ0n) is 11.3. The Morgan fingerprint density at radius 2 is 2.15 bits per heavy atom. The first-order chi connectivity index (χ1) is 9.75. The Labute approximate surface area is 123 Å². The van der Waals surface area contributed by atoms with Gasteiger partial charge in [-0.05, 0) is 18.6 Å². The third-order valence-electron chi connectivity index (χ3n) is 4.00. The average Bonchev–Trinajstić information content (AvgIpc) is 2.98. The third kappa shape index (κ3) is 2.80. The van der Waals surface area contributed by atoms with Gasteiger partial charge in [-0.2, -0.15) is 0 Å². The topological polar surface area (TPSA) is 45.7 Å². The monoisotopic (exact) mass is 295 g/mol. The summed E-state index contributed by atoms with van der Waals surface area (Å²) < 4.78 is 5.37. The number of amides is 1. The van der Waals surface area contributed by atoms with Crippen LogP contribution in [0.25, 0.3) is 0 Å². The maximum atomic E-state index is 12.5. The molecule has 1 aromatic rings. The SMILES string of the molecule is O=C(c1cccnc1Cl)N1CCC(N2CCOCC2)C1. The van der Waals surface area contributed by atoms with Crippen LogP contribution in [0.5, 0.6) is 0 Å². The van der Waals surface area contributed by atoms with E-state index in [1.807, 2.05) is 4.90 Å². The zero-order chi connectivity index (χ0) is 13.9. The molecule has 0 N–H and O–H groups in total. The Hall–Kier alpha value is -1.17. The van der Waals surface area contributed by atoms with Gasteiger partial charge in [0.2, 0.25) is 0 Å². The molecule has 1 atom stereocenters. The summed E-state index contributed by atoms with van der Waals surface area (Å²) in [6, 6.07) is 3.92. The van der Waals surface area contributed by atoms with Gasteiger partial charge in [0.05, 0.1) is 18.8 Å². The van der Waals surface area contributed by atoms with Crippen LogP contribution in [0, 0.1) is 0 Å². The van der Waals surface area contributed by atoms with Crippen LogP contribution in [0.2, 0.25) is 5.15 Å². The second kappa shape index (κ2) is 6.08. The van der Waals surface area contributed by atoms with E-state index in [1.54, 1.807) is 18.3 Å². The molecule has 0 aliphatic carbocycles. The van der Waals surface area contributed by atoms with Crippen LogP contribution in [0.15, 0.2) is 18.3 Å². The fourth-order valence-corrected chi connectivity index (χ4v) is 3.08. The highest BCUT2D eigenvalue weighted by Crippen LogP contribution is 2.21. The van der Waals surface area contributed by atoms with E-state index in [0.717, 1.165) is 45.8 Å². The molecule has 2 fully saturated rings. The van der Waals surface area contributed by atoms with Crippen LogP contribution in [0.1, 0.15) is 16.8 Å². The minimum atomic E-state index is -0.0149. The zero-order valence-corrected chi connectivity index (χ0v) is 12.1. The van der Waals surface area contributed by atoms with Crippen molar-refractivity contribution in [1.82, 2.24) is 14.8 Å². The number of carbonyl (C=O) groups excluding carboxylic acids is 1. The van der Waals surface area contributed by atoms with Gasteiger partial charge in [0.1, 0.15) is 5.15 Å². The lowest BCUT2D eigenvalue weighted by atomic mass is 10.2. The summed E-state index contributed by atoms with van der Waals surface area (Å²) in [5, 5.41) is 0.285. The summed E-state index contributed by atoms with van der Waals surface area (Å²) in [5.41, 5.74) is 0.497. The molecule has 2 aliphatic heterocycles. The van der Waals surface area contributed by atoms with Gasteiger partial charge in [-0.25, -0.2) is 4.98 Å². The lowest BCUT2D eigenvalue weighted by Crippen LogP contribution is -2.45. The standard InChI is InChI=1S/C14H18ClN3O2/c15-13-12(2-1-4-16-13)14(19)18-5-3-11(10-18)17-6-8-20-9-7-17/h1-2,4,11H,3,5-10H2. The molecule has 0 radical (unpaired) electrons. The normalized spacial score (nSPS) is 24.1. The summed E-state index contributed by atoms with van der Waals surface area (Å²) >= 11 is 6.00. The maximum Gasteiger partial charge on any atom is 0.257 e. The largest absolute Gasteiger partial charge is 0.379 e. The van der Waals surface area contributed by atoms with Gasteiger partial charge in [0.15, 0.2) is 0 Å². The number of morpholine rings is 1. The van der Waals surface area contributed by atoms with Gasteiger partial charge in [-0.3, -0.25) is 9.69 Å². The van der Waals surface area contributed by atoms with Crippen LogP contribution in [-0.2, 0) is 4.74 Å². The first kappa shape index (κ1) is 13.8. The number of aromatic nitrogens is 1. The fraction of sp³-hybridized carbons (Fsp3) is 0.571. The van der Waals surface area contributed by atoms with E-state index in [1.165, 1.54) is 0 Å². The summed E-state index contributed by atoms with van der Waals surface area (Å²) in [7, 11) is 0. The lowest BCUT2D eigenvalue weighted by Gasteiger charge is -2.32.